The molecule has 0 spiro atoms. The minimum absolute atomic E-state index is 0.544. The van der Waals surface area contributed by atoms with Gasteiger partial charge in [-0.1, -0.05) is 36.4 Å². The number of nitrogens with two attached hydrogens (primary N) is 1. The number of hydrogen-bond acceptors (Lipinski definition) is 3. The fraction of sp³-hybridized carbons (Fsp3) is 0.235. The lowest BCUT2D eigenvalue weighted by Gasteiger charge is -2.07. The highest BCUT2D eigenvalue weighted by Gasteiger charge is 2.11. The highest BCUT2D eigenvalue weighted by atomic mass is 16.5. The van der Waals surface area contributed by atoms with Gasteiger partial charge < -0.3 is 15.0 Å². The van der Waals surface area contributed by atoms with Crippen LogP contribution in [0.4, 0.5) is 5.95 Å². The van der Waals surface area contributed by atoms with Crippen molar-refractivity contribution in [3.8, 4) is 5.75 Å². The number of anilines is 1. The molecule has 0 unspecified atom stereocenters. The number of aryl methyl sites for hydroxylation is 2. The van der Waals surface area contributed by atoms with Gasteiger partial charge in [-0.05, 0) is 30.5 Å². The monoisotopic (exact) mass is 281 g/mol. The average Bonchev–Trinajstić information content (AvgIpc) is 2.84. The zero-order chi connectivity index (χ0) is 14.7. The standard InChI is InChI=1S/C17H19N3O/c1-21-15-11-5-10-14-16(15)19-17(18)20(14)12-6-9-13-7-3-2-4-8-13/h2-5,7-8,10-11H,6,9,12H2,1H3,(H2,18,19). The number of rotatable bonds is 5. The van der Waals surface area contributed by atoms with E-state index < -0.39 is 0 Å². The number of fused-ring (bicyclic) bond motifs is 1. The molecule has 2 aromatic carbocycles. The summed E-state index contributed by atoms with van der Waals surface area (Å²) in [6.07, 6.45) is 2.06. The van der Waals surface area contributed by atoms with Crippen LogP contribution in [0.2, 0.25) is 0 Å². The fourth-order valence-electron chi connectivity index (χ4n) is 2.62. The molecule has 0 aliphatic rings. The summed E-state index contributed by atoms with van der Waals surface area (Å²) in [6, 6.07) is 16.4. The van der Waals surface area contributed by atoms with E-state index in [0.29, 0.717) is 5.95 Å². The number of hydrogen-bond donors (Lipinski definition) is 1. The average molecular weight is 281 g/mol. The van der Waals surface area contributed by atoms with Crippen LogP contribution in [0.1, 0.15) is 12.0 Å². The third kappa shape index (κ3) is 2.70. The molecule has 0 aliphatic carbocycles. The van der Waals surface area contributed by atoms with Crippen molar-refractivity contribution in [1.82, 2.24) is 9.55 Å². The van der Waals surface area contributed by atoms with Crippen LogP contribution >= 0.6 is 0 Å². The van der Waals surface area contributed by atoms with Crippen molar-refractivity contribution in [3.05, 3.63) is 54.1 Å². The summed E-state index contributed by atoms with van der Waals surface area (Å²) < 4.78 is 7.39. The molecular weight excluding hydrogens is 262 g/mol. The Hall–Kier alpha value is -2.49. The predicted molar refractivity (Wildman–Crippen MR) is 85.5 cm³/mol. The Bertz CT molecular complexity index is 734. The highest BCUT2D eigenvalue weighted by molar-refractivity contribution is 5.84. The van der Waals surface area contributed by atoms with E-state index in [-0.39, 0.29) is 0 Å². The van der Waals surface area contributed by atoms with Crippen molar-refractivity contribution in [2.75, 3.05) is 12.8 Å². The maximum absolute atomic E-state index is 6.05. The van der Waals surface area contributed by atoms with E-state index in [9.17, 15) is 0 Å². The van der Waals surface area contributed by atoms with Crippen LogP contribution in [0.25, 0.3) is 11.0 Å². The molecule has 4 nitrogen and oxygen atoms in total. The van der Waals surface area contributed by atoms with Gasteiger partial charge >= 0.3 is 0 Å². The van der Waals surface area contributed by atoms with E-state index >= 15 is 0 Å². The van der Waals surface area contributed by atoms with Gasteiger partial charge in [-0.15, -0.1) is 0 Å². The van der Waals surface area contributed by atoms with Gasteiger partial charge in [0, 0.05) is 6.54 Å². The van der Waals surface area contributed by atoms with Gasteiger partial charge in [0.2, 0.25) is 5.95 Å². The van der Waals surface area contributed by atoms with Gasteiger partial charge in [-0.25, -0.2) is 4.98 Å². The predicted octanol–water partition coefficient (Wildman–Crippen LogP) is 3.26. The molecule has 0 atom stereocenters. The Morgan fingerprint density at radius 2 is 1.90 bits per heavy atom. The Labute approximate surface area is 124 Å². The normalized spacial score (nSPS) is 10.9. The molecule has 0 amide bonds. The Morgan fingerprint density at radius 3 is 2.67 bits per heavy atom. The van der Waals surface area contributed by atoms with Crippen LogP contribution in [0.3, 0.4) is 0 Å². The van der Waals surface area contributed by atoms with Crippen molar-refractivity contribution in [2.24, 2.45) is 0 Å². The molecule has 3 rings (SSSR count). The summed E-state index contributed by atoms with van der Waals surface area (Å²) >= 11 is 0. The topological polar surface area (TPSA) is 53.1 Å². The van der Waals surface area contributed by atoms with Gasteiger partial charge in [-0.2, -0.15) is 0 Å². The zero-order valence-corrected chi connectivity index (χ0v) is 12.1. The molecule has 0 fully saturated rings. The van der Waals surface area contributed by atoms with Crippen LogP contribution in [-0.2, 0) is 13.0 Å². The number of benzene rings is 2. The van der Waals surface area contributed by atoms with Crippen molar-refractivity contribution in [3.63, 3.8) is 0 Å². The van der Waals surface area contributed by atoms with Crippen LogP contribution in [0.15, 0.2) is 48.5 Å². The van der Waals surface area contributed by atoms with Gasteiger partial charge in [-0.3, -0.25) is 0 Å². The number of ether oxygens (including phenoxy) is 1. The van der Waals surface area contributed by atoms with E-state index in [4.69, 9.17) is 10.5 Å². The van der Waals surface area contributed by atoms with E-state index in [1.165, 1.54) is 5.56 Å². The molecule has 2 N–H and O–H groups in total. The first-order chi connectivity index (χ1) is 10.3. The Kier molecular flexibility index (Phi) is 3.77. The van der Waals surface area contributed by atoms with Gasteiger partial charge in [0.25, 0.3) is 0 Å². The second-order valence-corrected chi connectivity index (χ2v) is 5.04. The van der Waals surface area contributed by atoms with E-state index in [1.807, 2.05) is 24.3 Å². The number of methoxy groups -OCH3 is 1. The molecule has 1 heterocycles. The van der Waals surface area contributed by atoms with Crippen LogP contribution in [-0.4, -0.2) is 16.7 Å². The maximum Gasteiger partial charge on any atom is 0.201 e. The molecule has 21 heavy (non-hydrogen) atoms. The Morgan fingerprint density at radius 1 is 1.10 bits per heavy atom. The van der Waals surface area contributed by atoms with E-state index in [0.717, 1.165) is 36.2 Å². The molecule has 0 saturated heterocycles. The summed E-state index contributed by atoms with van der Waals surface area (Å²) in [5.74, 6) is 1.31. The summed E-state index contributed by atoms with van der Waals surface area (Å²) in [5, 5.41) is 0. The van der Waals surface area contributed by atoms with Gasteiger partial charge in [0.15, 0.2) is 0 Å². The molecule has 108 valence electrons. The third-order valence-electron chi connectivity index (χ3n) is 3.68. The summed E-state index contributed by atoms with van der Waals surface area (Å²) in [4.78, 5) is 4.43. The lowest BCUT2D eigenvalue weighted by molar-refractivity contribution is 0.419. The van der Waals surface area contributed by atoms with Crippen molar-refractivity contribution >= 4 is 17.0 Å². The second-order valence-electron chi connectivity index (χ2n) is 5.04. The Balaban J connectivity index is 1.79. The largest absolute Gasteiger partial charge is 0.494 e. The number of para-hydroxylation sites is 1. The lowest BCUT2D eigenvalue weighted by Crippen LogP contribution is -2.04. The summed E-state index contributed by atoms with van der Waals surface area (Å²) in [7, 11) is 1.65. The molecule has 0 radical (unpaired) electrons. The number of nitrogen functional groups attached to an aromatic ring is 1. The summed E-state index contributed by atoms with van der Waals surface area (Å²) in [5.41, 5.74) is 9.26. The van der Waals surface area contributed by atoms with Gasteiger partial charge in [0.1, 0.15) is 11.3 Å². The molecule has 1 aromatic heterocycles. The van der Waals surface area contributed by atoms with Crippen LogP contribution in [0.5, 0.6) is 5.75 Å². The molecule has 0 aliphatic heterocycles. The van der Waals surface area contributed by atoms with Crippen molar-refractivity contribution < 1.29 is 4.74 Å². The van der Waals surface area contributed by atoms with Crippen LogP contribution < -0.4 is 10.5 Å². The lowest BCUT2D eigenvalue weighted by atomic mass is 10.1. The first-order valence-electron chi connectivity index (χ1n) is 7.12. The minimum atomic E-state index is 0.544. The molecule has 3 aromatic rings. The van der Waals surface area contributed by atoms with Gasteiger partial charge in [0.05, 0.1) is 12.6 Å². The smallest absolute Gasteiger partial charge is 0.201 e. The first-order valence-corrected chi connectivity index (χ1v) is 7.12. The zero-order valence-electron chi connectivity index (χ0n) is 12.1. The number of imidazole rings is 1. The molecule has 4 heteroatoms. The quantitative estimate of drug-likeness (QED) is 0.781. The highest BCUT2D eigenvalue weighted by Crippen LogP contribution is 2.27. The first kappa shape index (κ1) is 13.5. The molecule has 0 bridgehead atoms. The van der Waals surface area contributed by atoms with Crippen molar-refractivity contribution in [1.29, 1.82) is 0 Å². The van der Waals surface area contributed by atoms with Crippen LogP contribution in [0, 0.1) is 0 Å². The minimum Gasteiger partial charge on any atom is -0.494 e. The van der Waals surface area contributed by atoms with Crippen molar-refractivity contribution in [2.45, 2.75) is 19.4 Å². The van der Waals surface area contributed by atoms with E-state index in [2.05, 4.69) is 33.8 Å². The SMILES string of the molecule is COc1cccc2c1nc(N)n2CCCc1ccccc1. The molecule has 0 saturated carbocycles. The fourth-order valence-corrected chi connectivity index (χ4v) is 2.62. The van der Waals surface area contributed by atoms with E-state index in [1.54, 1.807) is 7.11 Å². The molecular formula is C17H19N3O. The third-order valence-corrected chi connectivity index (χ3v) is 3.68. The number of aromatic nitrogens is 2. The second kappa shape index (κ2) is 5.87. The maximum atomic E-state index is 6.05. The summed E-state index contributed by atoms with van der Waals surface area (Å²) in [6.45, 7) is 0.852. The number of nitrogens with zero attached hydrogens (tertiary/aromatic N) is 2.